The van der Waals surface area contributed by atoms with Crippen LogP contribution in [-0.4, -0.2) is 24.7 Å². The van der Waals surface area contributed by atoms with E-state index in [0.29, 0.717) is 5.82 Å². The molecule has 0 saturated carbocycles. The van der Waals surface area contributed by atoms with Gasteiger partial charge in [-0.05, 0) is 6.07 Å². The van der Waals surface area contributed by atoms with Crippen LogP contribution in [0.15, 0.2) is 49.2 Å². The largest absolute Gasteiger partial charge is 0.275 e. The second-order valence-corrected chi connectivity index (χ2v) is 3.91. The van der Waals surface area contributed by atoms with Crippen LogP contribution in [0.5, 0.6) is 0 Å². The van der Waals surface area contributed by atoms with Crippen LogP contribution in [0.1, 0.15) is 0 Å². The van der Waals surface area contributed by atoms with Crippen LogP contribution < -0.4 is 0 Å². The summed E-state index contributed by atoms with van der Waals surface area (Å²) in [6.07, 6.45) is 4.92. The van der Waals surface area contributed by atoms with Gasteiger partial charge in [0.1, 0.15) is 12.7 Å². The molecule has 18 heavy (non-hydrogen) atoms. The maximum absolute atomic E-state index is 4.36. The van der Waals surface area contributed by atoms with Gasteiger partial charge in [0, 0.05) is 24.4 Å². The van der Waals surface area contributed by atoms with Gasteiger partial charge in [-0.15, -0.1) is 0 Å². The van der Waals surface area contributed by atoms with E-state index in [0.717, 1.165) is 16.8 Å². The van der Waals surface area contributed by atoms with Gasteiger partial charge >= 0.3 is 0 Å². The molecule has 2 aromatic heterocycles. The minimum atomic E-state index is 0.678. The van der Waals surface area contributed by atoms with Crippen molar-refractivity contribution < 1.29 is 0 Å². The van der Waals surface area contributed by atoms with Gasteiger partial charge in [0.15, 0.2) is 5.82 Å². The molecular weight excluding hydrogens is 226 g/mol. The summed E-state index contributed by atoms with van der Waals surface area (Å²) in [5.74, 6) is 0.678. The number of aryl methyl sites for hydroxylation is 1. The molecule has 0 aliphatic carbocycles. The van der Waals surface area contributed by atoms with Crippen molar-refractivity contribution in [3.05, 3.63) is 49.2 Å². The highest BCUT2D eigenvalue weighted by Gasteiger charge is 2.03. The van der Waals surface area contributed by atoms with E-state index in [2.05, 4.69) is 20.1 Å². The Labute approximate surface area is 104 Å². The summed E-state index contributed by atoms with van der Waals surface area (Å²) in [4.78, 5) is 12.0. The number of aromatic nitrogens is 5. The number of hydrogen-bond acceptors (Lipinski definition) is 4. The first-order chi connectivity index (χ1) is 8.83. The third kappa shape index (κ3) is 1.98. The van der Waals surface area contributed by atoms with E-state index >= 15 is 0 Å². The lowest BCUT2D eigenvalue weighted by Crippen LogP contribution is -1.90. The second kappa shape index (κ2) is 4.37. The number of rotatable bonds is 2. The van der Waals surface area contributed by atoms with Gasteiger partial charge in [-0.1, -0.05) is 24.3 Å². The molecule has 0 amide bonds. The smallest absolute Gasteiger partial charge is 0.162 e. The van der Waals surface area contributed by atoms with Crippen molar-refractivity contribution in [3.63, 3.8) is 0 Å². The molecule has 0 atom stereocenters. The molecule has 5 nitrogen and oxygen atoms in total. The lowest BCUT2D eigenvalue weighted by atomic mass is 10.1. The Morgan fingerprint density at radius 3 is 2.17 bits per heavy atom. The molecule has 0 radical (unpaired) electrons. The van der Waals surface area contributed by atoms with E-state index in [1.54, 1.807) is 4.68 Å². The molecule has 0 fully saturated rings. The lowest BCUT2D eigenvalue weighted by Gasteiger charge is -2.00. The highest BCUT2D eigenvalue weighted by Crippen LogP contribution is 2.20. The van der Waals surface area contributed by atoms with Crippen LogP contribution in [-0.2, 0) is 7.05 Å². The van der Waals surface area contributed by atoms with Crippen LogP contribution in [0.3, 0.4) is 0 Å². The minimum absolute atomic E-state index is 0.678. The standard InChI is InChI=1S/C13H11N5/c1-18-7-6-12(17-18)10-2-4-11(5-3-10)13-15-8-14-9-16-13/h2-9H,1H3. The van der Waals surface area contributed by atoms with Crippen LogP contribution in [0.4, 0.5) is 0 Å². The third-order valence-electron chi connectivity index (χ3n) is 2.65. The predicted molar refractivity (Wildman–Crippen MR) is 67.5 cm³/mol. The summed E-state index contributed by atoms with van der Waals surface area (Å²) in [6, 6.07) is 9.99. The van der Waals surface area contributed by atoms with Crippen molar-refractivity contribution in [2.45, 2.75) is 0 Å². The van der Waals surface area contributed by atoms with Gasteiger partial charge in [-0.3, -0.25) is 4.68 Å². The van der Waals surface area contributed by atoms with Crippen LogP contribution in [0, 0.1) is 0 Å². The fourth-order valence-corrected chi connectivity index (χ4v) is 1.75. The van der Waals surface area contributed by atoms with Gasteiger partial charge in [-0.25, -0.2) is 15.0 Å². The van der Waals surface area contributed by atoms with E-state index in [4.69, 9.17) is 0 Å². The molecule has 0 N–H and O–H groups in total. The molecule has 0 aliphatic heterocycles. The summed E-state index contributed by atoms with van der Waals surface area (Å²) in [5, 5.41) is 4.36. The monoisotopic (exact) mass is 237 g/mol. The summed E-state index contributed by atoms with van der Waals surface area (Å²) in [5.41, 5.74) is 3.00. The molecule has 2 heterocycles. The highest BCUT2D eigenvalue weighted by atomic mass is 15.2. The quantitative estimate of drug-likeness (QED) is 0.683. The lowest BCUT2D eigenvalue weighted by molar-refractivity contribution is 0.771. The highest BCUT2D eigenvalue weighted by molar-refractivity contribution is 5.64. The Bertz CT molecular complexity index is 643. The van der Waals surface area contributed by atoms with Gasteiger partial charge in [0.2, 0.25) is 0 Å². The molecular formula is C13H11N5. The van der Waals surface area contributed by atoms with Gasteiger partial charge < -0.3 is 0 Å². The van der Waals surface area contributed by atoms with Gasteiger partial charge in [-0.2, -0.15) is 5.10 Å². The Morgan fingerprint density at radius 1 is 0.889 bits per heavy atom. The number of hydrogen-bond donors (Lipinski definition) is 0. The zero-order valence-corrected chi connectivity index (χ0v) is 9.85. The Morgan fingerprint density at radius 2 is 1.56 bits per heavy atom. The Balaban J connectivity index is 1.94. The first-order valence-corrected chi connectivity index (χ1v) is 5.55. The van der Waals surface area contributed by atoms with Crippen LogP contribution in [0.25, 0.3) is 22.6 Å². The molecule has 0 unspecified atom stereocenters. The van der Waals surface area contributed by atoms with E-state index in [1.165, 1.54) is 12.7 Å². The normalized spacial score (nSPS) is 10.5. The molecule has 0 spiro atoms. The number of benzene rings is 1. The summed E-state index contributed by atoms with van der Waals surface area (Å²) in [7, 11) is 1.91. The SMILES string of the molecule is Cn1ccc(-c2ccc(-c3ncncn3)cc2)n1. The number of nitrogens with zero attached hydrogens (tertiary/aromatic N) is 5. The summed E-state index contributed by atoms with van der Waals surface area (Å²) >= 11 is 0. The summed E-state index contributed by atoms with van der Waals surface area (Å²) in [6.45, 7) is 0. The fraction of sp³-hybridized carbons (Fsp3) is 0.0769. The third-order valence-corrected chi connectivity index (χ3v) is 2.65. The van der Waals surface area contributed by atoms with Gasteiger partial charge in [0.05, 0.1) is 5.69 Å². The van der Waals surface area contributed by atoms with E-state index in [9.17, 15) is 0 Å². The summed E-state index contributed by atoms with van der Waals surface area (Å²) < 4.78 is 1.79. The minimum Gasteiger partial charge on any atom is -0.275 e. The van der Waals surface area contributed by atoms with Crippen molar-refractivity contribution in [1.82, 2.24) is 24.7 Å². The molecule has 3 rings (SSSR count). The van der Waals surface area contributed by atoms with Crippen molar-refractivity contribution in [2.75, 3.05) is 0 Å². The maximum Gasteiger partial charge on any atom is 0.162 e. The van der Waals surface area contributed by atoms with E-state index in [-0.39, 0.29) is 0 Å². The zero-order valence-electron chi connectivity index (χ0n) is 9.85. The predicted octanol–water partition coefficient (Wildman–Crippen LogP) is 1.94. The zero-order chi connectivity index (χ0) is 12.4. The van der Waals surface area contributed by atoms with Crippen LogP contribution >= 0.6 is 0 Å². The molecule has 88 valence electrons. The molecule has 0 bridgehead atoms. The Hall–Kier alpha value is -2.56. The molecule has 1 aromatic carbocycles. The molecule has 0 aliphatic rings. The first-order valence-electron chi connectivity index (χ1n) is 5.55. The maximum atomic E-state index is 4.36. The Kier molecular flexibility index (Phi) is 2.57. The second-order valence-electron chi connectivity index (χ2n) is 3.91. The fourth-order valence-electron chi connectivity index (χ4n) is 1.75. The average Bonchev–Trinajstić information content (AvgIpc) is 2.87. The molecule has 5 heteroatoms. The van der Waals surface area contributed by atoms with Crippen molar-refractivity contribution in [2.24, 2.45) is 7.05 Å². The van der Waals surface area contributed by atoms with Crippen molar-refractivity contribution in [1.29, 1.82) is 0 Å². The van der Waals surface area contributed by atoms with Crippen molar-refractivity contribution in [3.8, 4) is 22.6 Å². The first kappa shape index (κ1) is 10.6. The van der Waals surface area contributed by atoms with E-state index in [1.807, 2.05) is 43.6 Å². The van der Waals surface area contributed by atoms with Crippen LogP contribution in [0.2, 0.25) is 0 Å². The average molecular weight is 237 g/mol. The topological polar surface area (TPSA) is 56.5 Å². The molecule has 3 aromatic rings. The van der Waals surface area contributed by atoms with E-state index < -0.39 is 0 Å². The van der Waals surface area contributed by atoms with Crippen molar-refractivity contribution >= 4 is 0 Å². The molecule has 0 saturated heterocycles. The van der Waals surface area contributed by atoms with Gasteiger partial charge in [0.25, 0.3) is 0 Å².